The van der Waals surface area contributed by atoms with Crippen molar-refractivity contribution in [2.45, 2.75) is 56.7 Å². The summed E-state index contributed by atoms with van der Waals surface area (Å²) in [4.78, 5) is 25.9. The minimum absolute atomic E-state index is 0.000332. The van der Waals surface area contributed by atoms with Gasteiger partial charge in [0.25, 0.3) is 0 Å². The number of nitrogens with zero attached hydrogens (tertiary/aromatic N) is 4. The van der Waals surface area contributed by atoms with E-state index in [4.69, 9.17) is 16.1 Å². The van der Waals surface area contributed by atoms with Gasteiger partial charge in [0, 0.05) is 78.4 Å². The molecule has 246 valence electrons. The van der Waals surface area contributed by atoms with Gasteiger partial charge < -0.3 is 20.1 Å². The molecule has 8 nitrogen and oxygen atoms in total. The Balaban J connectivity index is 1.14. The quantitative estimate of drug-likeness (QED) is 0.259. The first-order chi connectivity index (χ1) is 23.2. The molecule has 5 fully saturated rings. The number of likely N-dealkylation sites (tertiary alicyclic amines) is 1. The molecule has 11 heteroatoms. The van der Waals surface area contributed by atoms with E-state index < -0.39 is 23.0 Å². The number of carbonyl (C=O) groups excluding carboxylic acids is 1. The zero-order valence-electron chi connectivity index (χ0n) is 26.2. The number of piperidine rings is 1. The maximum absolute atomic E-state index is 16.9. The predicted molar refractivity (Wildman–Crippen MR) is 174 cm³/mol. The monoisotopic (exact) mass is 653 g/mol. The third-order valence-electron chi connectivity index (χ3n) is 11.2. The number of anilines is 1. The molecular formula is C37H34F3N5O3. The normalized spacial score (nSPS) is 25.7. The first kappa shape index (κ1) is 29.7. The number of aromatic nitrogens is 2. The number of nitrogens with one attached hydrogen (secondary N) is 1. The average Bonchev–Trinajstić information content (AvgIpc) is 3.38. The van der Waals surface area contributed by atoms with Crippen LogP contribution < -0.4 is 15.0 Å². The number of hydrogen-bond acceptors (Lipinski definition) is 8. The standard InChI is InChI=1S/C37H34F3N5O3/c1-2-25-28(38)6-3-19-10-24(46)12-26(31(19)25)32-29(39)13-27-34(33(32)40)42-36(43-35(27)44-15-21-4-5-22(16-44)41-21)48-18-37(7-8-37)17-45-14-20-9-23(45)11-30(20)47/h1,3,6,10,12-13,20-23,41,46H,4-5,7-9,11,14-18H2. The van der Waals surface area contributed by atoms with Crippen molar-refractivity contribution in [3.05, 3.63) is 53.3 Å². The van der Waals surface area contributed by atoms with E-state index in [1.54, 1.807) is 0 Å². The molecule has 4 aromatic rings. The second-order valence-corrected chi connectivity index (χ2v) is 14.4. The van der Waals surface area contributed by atoms with Crippen molar-refractivity contribution in [3.63, 3.8) is 0 Å². The molecule has 3 aromatic carbocycles. The number of halogens is 3. The lowest BCUT2D eigenvalue weighted by Gasteiger charge is -2.34. The number of benzene rings is 3. The molecule has 4 heterocycles. The number of fused-ring (bicyclic) bond motifs is 6. The number of ether oxygens (including phenoxy) is 1. The van der Waals surface area contributed by atoms with E-state index in [2.05, 4.69) is 26.0 Å². The first-order valence-corrected chi connectivity index (χ1v) is 16.7. The fourth-order valence-corrected chi connectivity index (χ4v) is 8.64. The van der Waals surface area contributed by atoms with E-state index in [0.717, 1.165) is 51.3 Å². The molecule has 1 aromatic heterocycles. The summed E-state index contributed by atoms with van der Waals surface area (Å²) >= 11 is 0. The van der Waals surface area contributed by atoms with E-state index in [9.17, 15) is 14.3 Å². The van der Waals surface area contributed by atoms with Crippen molar-refractivity contribution in [1.29, 1.82) is 0 Å². The minimum atomic E-state index is -0.977. The van der Waals surface area contributed by atoms with Gasteiger partial charge in [-0.2, -0.15) is 9.97 Å². The van der Waals surface area contributed by atoms with Gasteiger partial charge in [-0.1, -0.05) is 12.0 Å². The highest BCUT2D eigenvalue weighted by Gasteiger charge is 2.51. The molecule has 3 aliphatic heterocycles. The lowest BCUT2D eigenvalue weighted by molar-refractivity contribution is -0.122. The van der Waals surface area contributed by atoms with Gasteiger partial charge in [0.15, 0.2) is 5.82 Å². The van der Waals surface area contributed by atoms with Crippen LogP contribution in [0.4, 0.5) is 19.0 Å². The first-order valence-electron chi connectivity index (χ1n) is 16.7. The van der Waals surface area contributed by atoms with Gasteiger partial charge in [-0.15, -0.1) is 6.42 Å². The molecule has 0 spiro atoms. The van der Waals surface area contributed by atoms with Crippen molar-refractivity contribution in [2.24, 2.45) is 11.3 Å². The number of Topliss-reactive ketones (excluding diaryl/α,β-unsaturated/α-hetero) is 1. The summed E-state index contributed by atoms with van der Waals surface area (Å²) < 4.78 is 54.3. The fourth-order valence-electron chi connectivity index (χ4n) is 8.64. The van der Waals surface area contributed by atoms with E-state index in [0.29, 0.717) is 49.1 Å². The molecule has 9 rings (SSSR count). The summed E-state index contributed by atoms with van der Waals surface area (Å²) in [5, 5.41) is 14.8. The number of carbonyl (C=O) groups is 1. The molecule has 2 N–H and O–H groups in total. The Morgan fingerprint density at radius 3 is 2.54 bits per heavy atom. The smallest absolute Gasteiger partial charge is 0.319 e. The van der Waals surface area contributed by atoms with Crippen molar-refractivity contribution >= 4 is 33.3 Å². The number of aromatic hydroxyl groups is 1. The molecule has 48 heavy (non-hydrogen) atoms. The number of phenolic OH excluding ortho intramolecular Hbond substituents is 1. The summed E-state index contributed by atoms with van der Waals surface area (Å²) in [5.74, 6) is 0.368. The molecule has 4 atom stereocenters. The van der Waals surface area contributed by atoms with Crippen LogP contribution in [0.3, 0.4) is 0 Å². The Morgan fingerprint density at radius 1 is 1.06 bits per heavy atom. The van der Waals surface area contributed by atoms with Crippen molar-refractivity contribution in [3.8, 4) is 35.2 Å². The van der Waals surface area contributed by atoms with E-state index >= 15 is 8.78 Å². The number of piperazine rings is 1. The number of phenols is 1. The second kappa shape index (κ2) is 10.8. The molecular weight excluding hydrogens is 619 g/mol. The van der Waals surface area contributed by atoms with E-state index in [-0.39, 0.29) is 62.6 Å². The molecule has 0 amide bonds. The van der Waals surface area contributed by atoms with Crippen LogP contribution in [0.2, 0.25) is 0 Å². The fraction of sp³-hybridized carbons (Fsp3) is 0.432. The van der Waals surface area contributed by atoms with Crippen LogP contribution in [0.1, 0.15) is 44.1 Å². The van der Waals surface area contributed by atoms with Crippen LogP contribution >= 0.6 is 0 Å². The predicted octanol–water partition coefficient (Wildman–Crippen LogP) is 5.32. The van der Waals surface area contributed by atoms with E-state index in [1.165, 1.54) is 24.3 Å². The van der Waals surface area contributed by atoms with Gasteiger partial charge in [0.2, 0.25) is 0 Å². The Morgan fingerprint density at radius 2 is 1.85 bits per heavy atom. The van der Waals surface area contributed by atoms with Crippen LogP contribution in [0.5, 0.6) is 11.8 Å². The molecule has 4 bridgehead atoms. The zero-order chi connectivity index (χ0) is 32.9. The van der Waals surface area contributed by atoms with Crippen LogP contribution in [-0.4, -0.2) is 76.7 Å². The average molecular weight is 654 g/mol. The summed E-state index contributed by atoms with van der Waals surface area (Å²) in [6.45, 7) is 3.20. The SMILES string of the molecule is C#Cc1c(F)ccc2cc(O)cc(-c3c(F)cc4c(N5CC6CCC(C5)N6)nc(OCC5(CN6CC7CC6CC7=O)CC5)nc4c3F)c12. The van der Waals surface area contributed by atoms with E-state index in [1.807, 2.05) is 0 Å². The minimum Gasteiger partial charge on any atom is -0.508 e. The molecule has 4 unspecified atom stereocenters. The maximum Gasteiger partial charge on any atom is 0.319 e. The van der Waals surface area contributed by atoms with Gasteiger partial charge in [-0.3, -0.25) is 9.69 Å². The van der Waals surface area contributed by atoms with Gasteiger partial charge >= 0.3 is 6.01 Å². The highest BCUT2D eigenvalue weighted by molar-refractivity contribution is 6.04. The number of ketones is 1. The van der Waals surface area contributed by atoms with Crippen molar-refractivity contribution < 1.29 is 27.8 Å². The Labute approximate surface area is 275 Å². The summed E-state index contributed by atoms with van der Waals surface area (Å²) in [6.07, 6.45) is 11.2. The molecule has 5 aliphatic rings. The summed E-state index contributed by atoms with van der Waals surface area (Å²) in [6, 6.07) is 7.13. The lowest BCUT2D eigenvalue weighted by atomic mass is 9.92. The largest absolute Gasteiger partial charge is 0.508 e. The third-order valence-corrected chi connectivity index (χ3v) is 11.2. The van der Waals surface area contributed by atoms with Crippen LogP contribution in [0.25, 0.3) is 32.8 Å². The van der Waals surface area contributed by atoms with Gasteiger partial charge in [-0.05, 0) is 61.8 Å². The number of hydrogen-bond donors (Lipinski definition) is 2. The molecule has 3 saturated heterocycles. The second-order valence-electron chi connectivity index (χ2n) is 14.4. The lowest BCUT2D eigenvalue weighted by Crippen LogP contribution is -2.51. The topological polar surface area (TPSA) is 90.8 Å². The highest BCUT2D eigenvalue weighted by Crippen LogP contribution is 2.49. The van der Waals surface area contributed by atoms with Crippen LogP contribution in [-0.2, 0) is 4.79 Å². The highest BCUT2D eigenvalue weighted by atomic mass is 19.1. The van der Waals surface area contributed by atoms with Crippen molar-refractivity contribution in [2.75, 3.05) is 37.7 Å². The Hall–Kier alpha value is -4.40. The van der Waals surface area contributed by atoms with Gasteiger partial charge in [0.1, 0.15) is 34.5 Å². The van der Waals surface area contributed by atoms with Crippen LogP contribution in [0, 0.1) is 41.1 Å². The van der Waals surface area contributed by atoms with Gasteiger partial charge in [0.05, 0.1) is 17.7 Å². The Kier molecular flexibility index (Phi) is 6.69. The Bertz CT molecular complexity index is 2070. The maximum atomic E-state index is 16.9. The molecule has 2 aliphatic carbocycles. The number of terminal acetylenes is 1. The summed E-state index contributed by atoms with van der Waals surface area (Å²) in [5.41, 5.74) is -0.933. The van der Waals surface area contributed by atoms with Gasteiger partial charge in [-0.25, -0.2) is 13.2 Å². The molecule has 2 saturated carbocycles. The zero-order valence-corrected chi connectivity index (χ0v) is 26.2. The molecule has 0 radical (unpaired) electrons. The third kappa shape index (κ3) is 4.79. The van der Waals surface area contributed by atoms with Crippen molar-refractivity contribution in [1.82, 2.24) is 20.2 Å². The van der Waals surface area contributed by atoms with Crippen LogP contribution in [0.15, 0.2) is 30.3 Å². The number of rotatable bonds is 7. The summed E-state index contributed by atoms with van der Waals surface area (Å²) in [7, 11) is 0.